The van der Waals surface area contributed by atoms with Crippen molar-refractivity contribution in [2.45, 2.75) is 37.9 Å². The van der Waals surface area contributed by atoms with Gasteiger partial charge in [0, 0.05) is 52.1 Å². The van der Waals surface area contributed by atoms with Crippen LogP contribution in [0, 0.1) is 17.8 Å². The van der Waals surface area contributed by atoms with E-state index in [0.717, 1.165) is 74.7 Å². The molecule has 0 bridgehead atoms. The lowest BCUT2D eigenvalue weighted by molar-refractivity contribution is -0.138. The van der Waals surface area contributed by atoms with Gasteiger partial charge in [0.25, 0.3) is 5.56 Å². The maximum atomic E-state index is 13.2. The predicted molar refractivity (Wildman–Crippen MR) is 121 cm³/mol. The first-order chi connectivity index (χ1) is 16.3. The summed E-state index contributed by atoms with van der Waals surface area (Å²) >= 11 is 0. The average Bonchev–Trinajstić information content (AvgIpc) is 3.34. The molecule has 1 saturated carbocycles. The van der Waals surface area contributed by atoms with Crippen LogP contribution in [-0.4, -0.2) is 58.6 Å². The number of likely N-dealkylation sites (tertiary alicyclic amines) is 1. The number of pyridine rings is 1. The van der Waals surface area contributed by atoms with Crippen molar-refractivity contribution in [1.29, 1.82) is 0 Å². The largest absolute Gasteiger partial charge is 0.417 e. The summed E-state index contributed by atoms with van der Waals surface area (Å²) in [6, 6.07) is 4.39. The predicted octanol–water partition coefficient (Wildman–Crippen LogP) is 3.41. The van der Waals surface area contributed by atoms with Crippen molar-refractivity contribution in [2.75, 3.05) is 38.2 Å². The molecule has 0 radical (unpaired) electrons. The Bertz CT molecular complexity index is 1050. The number of rotatable bonds is 5. The number of anilines is 1. The number of hydrogen-bond acceptors (Lipinski definition) is 6. The van der Waals surface area contributed by atoms with Crippen LogP contribution in [-0.2, 0) is 18.0 Å². The van der Waals surface area contributed by atoms with Crippen molar-refractivity contribution in [3.8, 4) is 11.3 Å². The van der Waals surface area contributed by atoms with Crippen LogP contribution in [0.4, 0.5) is 19.0 Å². The number of nitrogens with one attached hydrogen (secondary N) is 1. The molecule has 3 fully saturated rings. The molecule has 1 unspecified atom stereocenters. The standard InChI is InChI=1S/C24H30F3N5O2/c1-31-14-18(24(25,26)27)10-20(23(31)33)21-2-3-22(30-29-21)28-19-8-16-12-32(13-17(16)9-19)11-15-4-6-34-7-5-15/h2-3,10,14-17,19H,4-9,11-13H2,1H3,(H,28,30)/t16-,17+,19?. The molecule has 184 valence electrons. The highest BCUT2D eigenvalue weighted by Crippen LogP contribution is 2.39. The Morgan fingerprint density at radius 1 is 1.12 bits per heavy atom. The normalized spacial score (nSPS) is 26.1. The van der Waals surface area contributed by atoms with E-state index in [1.54, 1.807) is 12.1 Å². The molecule has 2 aromatic heterocycles. The molecule has 2 aromatic rings. The number of aromatic nitrogens is 3. The van der Waals surface area contributed by atoms with E-state index in [9.17, 15) is 18.0 Å². The van der Waals surface area contributed by atoms with Gasteiger partial charge in [-0.2, -0.15) is 13.2 Å². The number of fused-ring (bicyclic) bond motifs is 1. The zero-order valence-corrected chi connectivity index (χ0v) is 19.2. The van der Waals surface area contributed by atoms with Gasteiger partial charge < -0.3 is 19.5 Å². The Balaban J connectivity index is 1.19. The Kier molecular flexibility index (Phi) is 6.37. The van der Waals surface area contributed by atoms with Crippen LogP contribution in [0.2, 0.25) is 0 Å². The van der Waals surface area contributed by atoms with Gasteiger partial charge in [0.05, 0.1) is 16.8 Å². The molecule has 2 saturated heterocycles. The highest BCUT2D eigenvalue weighted by Gasteiger charge is 2.41. The minimum atomic E-state index is -4.55. The number of ether oxygens (including phenoxy) is 1. The van der Waals surface area contributed by atoms with Gasteiger partial charge in [-0.05, 0) is 61.6 Å². The summed E-state index contributed by atoms with van der Waals surface area (Å²) < 4.78 is 45.9. The Hall–Kier alpha value is -2.46. The van der Waals surface area contributed by atoms with Crippen LogP contribution in [0.15, 0.2) is 29.2 Å². The quantitative estimate of drug-likeness (QED) is 0.712. The van der Waals surface area contributed by atoms with Crippen LogP contribution in [0.5, 0.6) is 0 Å². The van der Waals surface area contributed by atoms with Gasteiger partial charge in [0.1, 0.15) is 5.82 Å². The fourth-order valence-electron chi connectivity index (χ4n) is 5.77. The molecular weight excluding hydrogens is 447 g/mol. The number of aryl methyl sites for hydroxylation is 1. The van der Waals surface area contributed by atoms with Crippen molar-refractivity contribution < 1.29 is 17.9 Å². The third kappa shape index (κ3) is 4.98. The maximum absolute atomic E-state index is 13.2. The summed E-state index contributed by atoms with van der Waals surface area (Å²) in [5.41, 5.74) is -1.42. The number of nitrogens with zero attached hydrogens (tertiary/aromatic N) is 4. The summed E-state index contributed by atoms with van der Waals surface area (Å²) in [5, 5.41) is 11.6. The third-order valence-corrected chi connectivity index (χ3v) is 7.49. The minimum absolute atomic E-state index is 0.114. The van der Waals surface area contributed by atoms with Gasteiger partial charge in [-0.3, -0.25) is 4.79 Å². The molecule has 7 nitrogen and oxygen atoms in total. The van der Waals surface area contributed by atoms with Gasteiger partial charge in [-0.15, -0.1) is 10.2 Å². The molecule has 3 atom stereocenters. The van der Waals surface area contributed by atoms with Crippen LogP contribution in [0.1, 0.15) is 31.2 Å². The van der Waals surface area contributed by atoms with Crippen molar-refractivity contribution in [3.05, 3.63) is 40.3 Å². The first-order valence-corrected chi connectivity index (χ1v) is 11.9. The Morgan fingerprint density at radius 3 is 2.44 bits per heavy atom. The van der Waals surface area contributed by atoms with Crippen LogP contribution < -0.4 is 10.9 Å². The maximum Gasteiger partial charge on any atom is 0.417 e. The lowest BCUT2D eigenvalue weighted by Crippen LogP contribution is -2.32. The van der Waals surface area contributed by atoms with Crippen molar-refractivity contribution >= 4 is 5.82 Å². The van der Waals surface area contributed by atoms with Crippen molar-refractivity contribution in [3.63, 3.8) is 0 Å². The van der Waals surface area contributed by atoms with E-state index in [1.165, 1.54) is 13.6 Å². The fourth-order valence-corrected chi connectivity index (χ4v) is 5.77. The van der Waals surface area contributed by atoms with E-state index in [2.05, 4.69) is 20.4 Å². The summed E-state index contributed by atoms with van der Waals surface area (Å²) in [5.74, 6) is 2.69. The molecule has 3 aliphatic rings. The van der Waals surface area contributed by atoms with E-state index in [1.807, 2.05) is 0 Å². The van der Waals surface area contributed by atoms with Gasteiger partial charge in [0.15, 0.2) is 0 Å². The van der Waals surface area contributed by atoms with Gasteiger partial charge in [-0.1, -0.05) is 0 Å². The third-order valence-electron chi connectivity index (χ3n) is 7.49. The van der Waals surface area contributed by atoms with Crippen LogP contribution in [0.3, 0.4) is 0 Å². The van der Waals surface area contributed by atoms with E-state index >= 15 is 0 Å². The van der Waals surface area contributed by atoms with Gasteiger partial charge >= 0.3 is 6.18 Å². The second-order valence-corrected chi connectivity index (χ2v) is 9.97. The van der Waals surface area contributed by atoms with Crippen LogP contribution in [0.25, 0.3) is 11.3 Å². The average molecular weight is 478 g/mol. The Morgan fingerprint density at radius 2 is 1.82 bits per heavy atom. The minimum Gasteiger partial charge on any atom is -0.381 e. The summed E-state index contributed by atoms with van der Waals surface area (Å²) in [4.78, 5) is 15.0. The molecule has 1 aliphatic carbocycles. The second-order valence-electron chi connectivity index (χ2n) is 9.97. The fraction of sp³-hybridized carbons (Fsp3) is 0.625. The first-order valence-electron chi connectivity index (χ1n) is 11.9. The topological polar surface area (TPSA) is 72.3 Å². The molecule has 34 heavy (non-hydrogen) atoms. The van der Waals surface area contributed by atoms with Gasteiger partial charge in [0.2, 0.25) is 0 Å². The molecule has 2 aliphatic heterocycles. The molecule has 4 heterocycles. The van der Waals surface area contributed by atoms with E-state index < -0.39 is 17.3 Å². The zero-order valence-electron chi connectivity index (χ0n) is 19.2. The summed E-state index contributed by atoms with van der Waals surface area (Å²) in [7, 11) is 1.30. The lowest BCUT2D eigenvalue weighted by atomic mass is 10.00. The van der Waals surface area contributed by atoms with E-state index in [-0.39, 0.29) is 11.3 Å². The van der Waals surface area contributed by atoms with Crippen LogP contribution >= 0.6 is 0 Å². The Labute approximate surface area is 196 Å². The van der Waals surface area contributed by atoms with Gasteiger partial charge in [-0.25, -0.2) is 0 Å². The molecule has 0 spiro atoms. The molecule has 0 aromatic carbocycles. The zero-order chi connectivity index (χ0) is 23.9. The summed E-state index contributed by atoms with van der Waals surface area (Å²) in [6.07, 6.45) is 0.723. The molecule has 1 N–H and O–H groups in total. The van der Waals surface area contributed by atoms with E-state index in [4.69, 9.17) is 4.74 Å². The number of hydrogen-bond donors (Lipinski definition) is 1. The first kappa shape index (κ1) is 23.3. The summed E-state index contributed by atoms with van der Waals surface area (Å²) in [6.45, 7) is 5.24. The SMILES string of the molecule is Cn1cc(C(F)(F)F)cc(-c2ccc(NC3C[C@@H]4CN(CC5CCOCC5)C[C@@H]4C3)nn2)c1=O. The number of halogens is 3. The van der Waals surface area contributed by atoms with Crippen molar-refractivity contribution in [2.24, 2.45) is 24.8 Å². The van der Waals surface area contributed by atoms with E-state index in [0.29, 0.717) is 23.7 Å². The highest BCUT2D eigenvalue weighted by atomic mass is 19.4. The molecular formula is C24H30F3N5O2. The monoisotopic (exact) mass is 477 g/mol. The molecule has 5 rings (SSSR count). The smallest absolute Gasteiger partial charge is 0.381 e. The highest BCUT2D eigenvalue weighted by molar-refractivity contribution is 5.59. The lowest BCUT2D eigenvalue weighted by Gasteiger charge is -2.27. The number of alkyl halides is 3. The molecule has 0 amide bonds. The van der Waals surface area contributed by atoms with Crippen molar-refractivity contribution in [1.82, 2.24) is 19.7 Å². The molecule has 10 heteroatoms. The second kappa shape index (κ2) is 9.30.